The Hall–Kier alpha value is -2.81. The molecule has 0 radical (unpaired) electrons. The van der Waals surface area contributed by atoms with Crippen LogP contribution in [0.5, 0.6) is 0 Å². The van der Waals surface area contributed by atoms with Crippen molar-refractivity contribution in [3.05, 3.63) is 77.6 Å². The molecular formula is C22H25N3. The van der Waals surface area contributed by atoms with Crippen LogP contribution in [-0.2, 0) is 6.42 Å². The van der Waals surface area contributed by atoms with Gasteiger partial charge >= 0.3 is 0 Å². The Bertz CT molecular complexity index is 841. The summed E-state index contributed by atoms with van der Waals surface area (Å²) in [5, 5.41) is 3.46. The summed E-state index contributed by atoms with van der Waals surface area (Å²) >= 11 is 0. The van der Waals surface area contributed by atoms with Crippen molar-refractivity contribution < 1.29 is 0 Å². The first kappa shape index (κ1) is 17.0. The fourth-order valence-corrected chi connectivity index (χ4v) is 2.99. The third-order valence-corrected chi connectivity index (χ3v) is 4.62. The average molecular weight is 331 g/mol. The quantitative estimate of drug-likeness (QED) is 0.494. The summed E-state index contributed by atoms with van der Waals surface area (Å²) < 4.78 is 0. The molecule has 0 atom stereocenters. The van der Waals surface area contributed by atoms with Crippen molar-refractivity contribution in [2.75, 3.05) is 17.6 Å². The number of hydrogen-bond acceptors (Lipinski definition) is 3. The molecule has 25 heavy (non-hydrogen) atoms. The molecule has 1 aromatic heterocycles. The number of benzene rings is 2. The zero-order valence-corrected chi connectivity index (χ0v) is 14.9. The Morgan fingerprint density at radius 1 is 0.960 bits per heavy atom. The molecule has 128 valence electrons. The zero-order chi connectivity index (χ0) is 17.6. The van der Waals surface area contributed by atoms with E-state index >= 15 is 0 Å². The van der Waals surface area contributed by atoms with E-state index in [1.807, 2.05) is 18.5 Å². The molecule has 2 aromatic carbocycles. The van der Waals surface area contributed by atoms with Gasteiger partial charge in [-0.05, 0) is 55.5 Å². The van der Waals surface area contributed by atoms with Gasteiger partial charge < -0.3 is 11.1 Å². The van der Waals surface area contributed by atoms with Gasteiger partial charge in [-0.25, -0.2) is 0 Å². The number of nitrogen functional groups attached to an aromatic ring is 1. The molecule has 1 heterocycles. The minimum Gasteiger partial charge on any atom is -0.398 e. The standard InChI is InChI=1S/C22H25N3/c1-16-14-24-15-21(17(16)2)20-11-10-19(13-22(20)23)25-12-6-9-18-7-4-3-5-8-18/h3-5,7-8,10-11,13-15,25H,6,9,12,23H2,1-2H3. The number of anilines is 2. The maximum Gasteiger partial charge on any atom is 0.0415 e. The molecule has 0 aliphatic carbocycles. The first-order chi connectivity index (χ1) is 12.1. The van der Waals surface area contributed by atoms with Gasteiger partial charge in [0, 0.05) is 41.4 Å². The smallest absolute Gasteiger partial charge is 0.0415 e. The molecule has 3 N–H and O–H groups in total. The van der Waals surface area contributed by atoms with Gasteiger partial charge in [0.25, 0.3) is 0 Å². The van der Waals surface area contributed by atoms with Crippen LogP contribution >= 0.6 is 0 Å². The van der Waals surface area contributed by atoms with Crippen LogP contribution in [0.4, 0.5) is 11.4 Å². The summed E-state index contributed by atoms with van der Waals surface area (Å²) in [6, 6.07) is 16.8. The van der Waals surface area contributed by atoms with Crippen LogP contribution in [0, 0.1) is 13.8 Å². The van der Waals surface area contributed by atoms with Gasteiger partial charge in [0.15, 0.2) is 0 Å². The Balaban J connectivity index is 1.63. The lowest BCUT2D eigenvalue weighted by molar-refractivity contribution is 0.863. The minimum absolute atomic E-state index is 0.781. The van der Waals surface area contributed by atoms with Crippen molar-refractivity contribution in [2.45, 2.75) is 26.7 Å². The van der Waals surface area contributed by atoms with Crippen molar-refractivity contribution >= 4 is 11.4 Å². The third-order valence-electron chi connectivity index (χ3n) is 4.62. The highest BCUT2D eigenvalue weighted by Gasteiger charge is 2.08. The van der Waals surface area contributed by atoms with E-state index in [0.717, 1.165) is 41.9 Å². The van der Waals surface area contributed by atoms with E-state index in [9.17, 15) is 0 Å². The van der Waals surface area contributed by atoms with Gasteiger partial charge in [0.1, 0.15) is 0 Å². The van der Waals surface area contributed by atoms with Gasteiger partial charge in [0.2, 0.25) is 0 Å². The number of nitrogens with two attached hydrogens (primary N) is 1. The van der Waals surface area contributed by atoms with Crippen molar-refractivity contribution in [2.24, 2.45) is 0 Å². The number of rotatable bonds is 6. The monoisotopic (exact) mass is 331 g/mol. The van der Waals surface area contributed by atoms with E-state index in [0.29, 0.717) is 0 Å². The second kappa shape index (κ2) is 7.84. The highest BCUT2D eigenvalue weighted by atomic mass is 14.9. The summed E-state index contributed by atoms with van der Waals surface area (Å²) in [6.07, 6.45) is 5.95. The lowest BCUT2D eigenvalue weighted by Gasteiger charge is -2.13. The van der Waals surface area contributed by atoms with Crippen LogP contribution in [-0.4, -0.2) is 11.5 Å². The number of nitrogens with zero attached hydrogens (tertiary/aromatic N) is 1. The molecule has 0 aliphatic rings. The summed E-state index contributed by atoms with van der Waals surface area (Å²) in [4.78, 5) is 4.30. The van der Waals surface area contributed by atoms with Crippen LogP contribution in [0.25, 0.3) is 11.1 Å². The lowest BCUT2D eigenvalue weighted by Crippen LogP contribution is -2.04. The zero-order valence-electron chi connectivity index (χ0n) is 14.9. The molecule has 0 bridgehead atoms. The molecule has 3 heteroatoms. The van der Waals surface area contributed by atoms with Gasteiger partial charge in [-0.2, -0.15) is 0 Å². The highest BCUT2D eigenvalue weighted by Crippen LogP contribution is 2.31. The molecule has 0 amide bonds. The Kier molecular flexibility index (Phi) is 5.34. The number of aryl methyl sites for hydroxylation is 2. The summed E-state index contributed by atoms with van der Waals surface area (Å²) in [7, 11) is 0. The number of pyridine rings is 1. The number of hydrogen-bond donors (Lipinski definition) is 2. The Morgan fingerprint density at radius 3 is 2.52 bits per heavy atom. The second-order valence-corrected chi connectivity index (χ2v) is 6.45. The molecule has 0 unspecified atom stereocenters. The van der Waals surface area contributed by atoms with Crippen molar-refractivity contribution in [3.63, 3.8) is 0 Å². The summed E-state index contributed by atoms with van der Waals surface area (Å²) in [5.41, 5.74) is 14.1. The third kappa shape index (κ3) is 4.18. The fraction of sp³-hybridized carbons (Fsp3) is 0.227. The van der Waals surface area contributed by atoms with Crippen LogP contribution in [0.2, 0.25) is 0 Å². The van der Waals surface area contributed by atoms with Gasteiger partial charge in [-0.3, -0.25) is 4.98 Å². The summed E-state index contributed by atoms with van der Waals surface area (Å²) in [5.74, 6) is 0. The Morgan fingerprint density at radius 2 is 1.76 bits per heavy atom. The van der Waals surface area contributed by atoms with Crippen molar-refractivity contribution in [1.29, 1.82) is 0 Å². The van der Waals surface area contributed by atoms with E-state index < -0.39 is 0 Å². The first-order valence-corrected chi connectivity index (χ1v) is 8.74. The molecule has 0 saturated heterocycles. The van der Waals surface area contributed by atoms with Crippen LogP contribution in [0.3, 0.4) is 0 Å². The second-order valence-electron chi connectivity index (χ2n) is 6.45. The predicted molar refractivity (Wildman–Crippen MR) is 107 cm³/mol. The molecule has 0 aliphatic heterocycles. The van der Waals surface area contributed by atoms with Crippen LogP contribution in [0.15, 0.2) is 60.9 Å². The van der Waals surface area contributed by atoms with Crippen molar-refractivity contribution in [3.8, 4) is 11.1 Å². The Labute approximate surface area is 149 Å². The molecule has 3 nitrogen and oxygen atoms in total. The van der Waals surface area contributed by atoms with Crippen LogP contribution in [0.1, 0.15) is 23.1 Å². The largest absolute Gasteiger partial charge is 0.398 e. The summed E-state index contributed by atoms with van der Waals surface area (Å²) in [6.45, 7) is 5.12. The number of aromatic nitrogens is 1. The fourth-order valence-electron chi connectivity index (χ4n) is 2.99. The van der Waals surface area contributed by atoms with E-state index in [-0.39, 0.29) is 0 Å². The SMILES string of the molecule is Cc1cncc(-c2ccc(NCCCc3ccccc3)cc2N)c1C. The minimum atomic E-state index is 0.781. The molecule has 3 aromatic rings. The molecule has 0 spiro atoms. The molecular weight excluding hydrogens is 306 g/mol. The van der Waals surface area contributed by atoms with E-state index in [4.69, 9.17) is 5.73 Å². The predicted octanol–water partition coefficient (Wildman–Crippen LogP) is 4.99. The topological polar surface area (TPSA) is 50.9 Å². The van der Waals surface area contributed by atoms with Crippen molar-refractivity contribution in [1.82, 2.24) is 4.98 Å². The maximum atomic E-state index is 6.30. The van der Waals surface area contributed by atoms with E-state index in [2.05, 4.69) is 66.6 Å². The van der Waals surface area contributed by atoms with E-state index in [1.54, 1.807) is 0 Å². The van der Waals surface area contributed by atoms with Gasteiger partial charge in [-0.15, -0.1) is 0 Å². The van der Waals surface area contributed by atoms with E-state index in [1.165, 1.54) is 16.7 Å². The van der Waals surface area contributed by atoms with Gasteiger partial charge in [0.05, 0.1) is 0 Å². The average Bonchev–Trinajstić information content (AvgIpc) is 2.63. The van der Waals surface area contributed by atoms with Crippen LogP contribution < -0.4 is 11.1 Å². The highest BCUT2D eigenvalue weighted by molar-refractivity contribution is 5.81. The first-order valence-electron chi connectivity index (χ1n) is 8.74. The number of nitrogens with one attached hydrogen (secondary N) is 1. The molecule has 3 rings (SSSR count). The maximum absolute atomic E-state index is 6.30. The van der Waals surface area contributed by atoms with Gasteiger partial charge in [-0.1, -0.05) is 36.4 Å². The molecule has 0 fully saturated rings. The molecule has 0 saturated carbocycles. The normalized spacial score (nSPS) is 10.6. The lowest BCUT2D eigenvalue weighted by atomic mass is 9.98.